The van der Waals surface area contributed by atoms with Crippen molar-refractivity contribution in [2.45, 2.75) is 45.3 Å². The third-order valence-electron chi connectivity index (χ3n) is 2.94. The van der Waals surface area contributed by atoms with Gasteiger partial charge in [0.15, 0.2) is 0 Å². The van der Waals surface area contributed by atoms with Gasteiger partial charge in [-0.2, -0.15) is 0 Å². The minimum atomic E-state index is -0.906. The number of nitrogens with zero attached hydrogens (tertiary/aromatic N) is 1. The van der Waals surface area contributed by atoms with Crippen LogP contribution in [0.4, 0.5) is 0 Å². The van der Waals surface area contributed by atoms with Gasteiger partial charge in [0, 0.05) is 19.6 Å². The van der Waals surface area contributed by atoms with Crippen LogP contribution in [-0.4, -0.2) is 60.4 Å². The van der Waals surface area contributed by atoms with E-state index in [0.717, 1.165) is 0 Å². The van der Waals surface area contributed by atoms with Gasteiger partial charge >= 0.3 is 5.97 Å². The maximum atomic E-state index is 12.1. The Bertz CT molecular complexity index is 305. The summed E-state index contributed by atoms with van der Waals surface area (Å²) in [4.78, 5) is 24.4. The monoisotopic (exact) mass is 273 g/mol. The predicted octanol–water partition coefficient (Wildman–Crippen LogP) is 0.894. The molecule has 6 heteroatoms. The van der Waals surface area contributed by atoms with Gasteiger partial charge in [0.2, 0.25) is 5.91 Å². The summed E-state index contributed by atoms with van der Waals surface area (Å²) in [5, 5.41) is 8.83. The number of carboxylic acids is 1. The fourth-order valence-electron chi connectivity index (χ4n) is 2.04. The van der Waals surface area contributed by atoms with E-state index >= 15 is 0 Å². The highest BCUT2D eigenvalue weighted by Gasteiger charge is 2.28. The lowest BCUT2D eigenvalue weighted by atomic mass is 10.1. The van der Waals surface area contributed by atoms with E-state index in [0.29, 0.717) is 39.2 Å². The van der Waals surface area contributed by atoms with E-state index in [2.05, 4.69) is 0 Å². The highest BCUT2D eigenvalue weighted by atomic mass is 16.5. The number of carbonyl (C=O) groups is 2. The van der Waals surface area contributed by atoms with E-state index in [1.807, 2.05) is 13.8 Å². The molecule has 1 fully saturated rings. The van der Waals surface area contributed by atoms with Crippen molar-refractivity contribution in [1.29, 1.82) is 0 Å². The topological polar surface area (TPSA) is 76.1 Å². The van der Waals surface area contributed by atoms with Crippen molar-refractivity contribution in [3.63, 3.8) is 0 Å². The van der Waals surface area contributed by atoms with Crippen LogP contribution in [0.15, 0.2) is 0 Å². The Kier molecular flexibility index (Phi) is 6.80. The quantitative estimate of drug-likeness (QED) is 0.697. The van der Waals surface area contributed by atoms with Crippen molar-refractivity contribution in [2.24, 2.45) is 0 Å². The number of amides is 1. The summed E-state index contributed by atoms with van der Waals surface area (Å²) in [6.45, 7) is 5.71. The third kappa shape index (κ3) is 6.02. The highest BCUT2D eigenvalue weighted by molar-refractivity contribution is 5.77. The van der Waals surface area contributed by atoms with E-state index in [1.54, 1.807) is 4.90 Å². The first-order chi connectivity index (χ1) is 9.00. The maximum absolute atomic E-state index is 12.1. The van der Waals surface area contributed by atoms with Crippen LogP contribution in [0.5, 0.6) is 0 Å². The normalized spacial score (nSPS) is 19.7. The second kappa shape index (κ2) is 8.12. The molecule has 1 unspecified atom stereocenters. The van der Waals surface area contributed by atoms with E-state index < -0.39 is 5.97 Å². The number of rotatable bonds is 7. The predicted molar refractivity (Wildman–Crippen MR) is 68.9 cm³/mol. The minimum Gasteiger partial charge on any atom is -0.481 e. The molecular formula is C13H23NO5. The minimum absolute atomic E-state index is 0.0121. The number of ether oxygens (including phenoxy) is 2. The first-order valence-corrected chi connectivity index (χ1v) is 6.71. The molecule has 110 valence electrons. The van der Waals surface area contributed by atoms with Crippen LogP contribution < -0.4 is 0 Å². The number of carbonyl (C=O) groups excluding carboxylic acids is 1. The van der Waals surface area contributed by atoms with Crippen molar-refractivity contribution in [3.05, 3.63) is 0 Å². The average Bonchev–Trinajstić information content (AvgIpc) is 2.34. The Morgan fingerprint density at radius 2 is 2.21 bits per heavy atom. The summed E-state index contributed by atoms with van der Waals surface area (Å²) < 4.78 is 10.6. The van der Waals surface area contributed by atoms with Crippen LogP contribution in [-0.2, 0) is 19.1 Å². The fourth-order valence-corrected chi connectivity index (χ4v) is 2.04. The van der Waals surface area contributed by atoms with Gasteiger partial charge in [-0.15, -0.1) is 0 Å². The average molecular weight is 273 g/mol. The second-order valence-electron chi connectivity index (χ2n) is 4.94. The molecule has 1 rings (SSSR count). The summed E-state index contributed by atoms with van der Waals surface area (Å²) in [6, 6.07) is -0.343. The van der Waals surface area contributed by atoms with Gasteiger partial charge in [-0.1, -0.05) is 0 Å². The summed E-state index contributed by atoms with van der Waals surface area (Å²) in [7, 11) is 0. The maximum Gasteiger partial charge on any atom is 0.305 e. The molecule has 1 N–H and O–H groups in total. The zero-order valence-electron chi connectivity index (χ0n) is 11.6. The summed E-state index contributed by atoms with van der Waals surface area (Å²) >= 11 is 0. The van der Waals surface area contributed by atoms with Crippen LogP contribution in [0.2, 0.25) is 0 Å². The molecule has 0 aliphatic carbocycles. The lowest BCUT2D eigenvalue weighted by molar-refractivity contribution is -0.146. The van der Waals surface area contributed by atoms with Gasteiger partial charge in [0.25, 0.3) is 0 Å². The molecule has 1 atom stereocenters. The lowest BCUT2D eigenvalue weighted by Gasteiger charge is -2.35. The molecular weight excluding hydrogens is 250 g/mol. The first-order valence-electron chi connectivity index (χ1n) is 6.71. The molecule has 0 aromatic heterocycles. The van der Waals surface area contributed by atoms with Crippen molar-refractivity contribution in [2.75, 3.05) is 26.4 Å². The molecule has 6 nitrogen and oxygen atoms in total. The summed E-state index contributed by atoms with van der Waals surface area (Å²) in [5.41, 5.74) is 0. The van der Waals surface area contributed by atoms with Crippen molar-refractivity contribution >= 4 is 11.9 Å². The van der Waals surface area contributed by atoms with Crippen LogP contribution >= 0.6 is 0 Å². The summed E-state index contributed by atoms with van der Waals surface area (Å²) in [5.74, 6) is -0.918. The third-order valence-corrected chi connectivity index (χ3v) is 2.94. The SMILES string of the molecule is CC(C)OCCCC(=O)N1CCOCC1CC(=O)O. The zero-order valence-corrected chi connectivity index (χ0v) is 11.6. The molecule has 0 spiro atoms. The van der Waals surface area contributed by atoms with Crippen LogP contribution in [0.25, 0.3) is 0 Å². The molecule has 0 radical (unpaired) electrons. The van der Waals surface area contributed by atoms with E-state index in [9.17, 15) is 9.59 Å². The Morgan fingerprint density at radius 1 is 1.47 bits per heavy atom. The van der Waals surface area contributed by atoms with Gasteiger partial charge in [0.05, 0.1) is 31.8 Å². The largest absolute Gasteiger partial charge is 0.481 e. The van der Waals surface area contributed by atoms with Gasteiger partial charge in [-0.25, -0.2) is 0 Å². The molecule has 0 aromatic rings. The molecule has 1 saturated heterocycles. The Balaban J connectivity index is 2.37. The molecule has 0 aromatic carbocycles. The fraction of sp³-hybridized carbons (Fsp3) is 0.846. The molecule has 0 saturated carbocycles. The van der Waals surface area contributed by atoms with E-state index in [4.69, 9.17) is 14.6 Å². The van der Waals surface area contributed by atoms with Crippen molar-refractivity contribution in [1.82, 2.24) is 4.90 Å². The summed E-state index contributed by atoms with van der Waals surface area (Å²) in [6.07, 6.45) is 1.16. The zero-order chi connectivity index (χ0) is 14.3. The van der Waals surface area contributed by atoms with Crippen molar-refractivity contribution < 1.29 is 24.2 Å². The lowest BCUT2D eigenvalue weighted by Crippen LogP contribution is -2.49. The molecule has 1 amide bonds. The smallest absolute Gasteiger partial charge is 0.305 e. The second-order valence-corrected chi connectivity index (χ2v) is 4.94. The number of hydrogen-bond acceptors (Lipinski definition) is 4. The Hall–Kier alpha value is -1.14. The van der Waals surface area contributed by atoms with Crippen LogP contribution in [0.3, 0.4) is 0 Å². The standard InChI is InChI=1S/C13H23NO5/c1-10(2)19-6-3-4-12(15)14-5-7-18-9-11(14)8-13(16)17/h10-11H,3-9H2,1-2H3,(H,16,17). The molecule has 0 bridgehead atoms. The van der Waals surface area contributed by atoms with Gasteiger partial charge in [-0.3, -0.25) is 9.59 Å². The number of carboxylic acid groups (broad SMARTS) is 1. The molecule has 1 aliphatic rings. The van der Waals surface area contributed by atoms with Crippen LogP contribution in [0.1, 0.15) is 33.1 Å². The van der Waals surface area contributed by atoms with Gasteiger partial charge < -0.3 is 19.5 Å². The van der Waals surface area contributed by atoms with Crippen LogP contribution in [0, 0.1) is 0 Å². The van der Waals surface area contributed by atoms with Crippen molar-refractivity contribution in [3.8, 4) is 0 Å². The number of morpholine rings is 1. The molecule has 1 heterocycles. The first kappa shape index (κ1) is 15.9. The Labute approximate surface area is 113 Å². The van der Waals surface area contributed by atoms with Gasteiger partial charge in [0.1, 0.15) is 0 Å². The Morgan fingerprint density at radius 3 is 2.84 bits per heavy atom. The highest BCUT2D eigenvalue weighted by Crippen LogP contribution is 2.13. The number of hydrogen-bond donors (Lipinski definition) is 1. The van der Waals surface area contributed by atoms with Gasteiger partial charge in [-0.05, 0) is 20.3 Å². The van der Waals surface area contributed by atoms with E-state index in [-0.39, 0.29) is 24.5 Å². The molecule has 19 heavy (non-hydrogen) atoms. The van der Waals surface area contributed by atoms with E-state index in [1.165, 1.54) is 0 Å². The number of aliphatic carboxylic acids is 1. The molecule has 1 aliphatic heterocycles.